The molecule has 0 radical (unpaired) electrons. The van der Waals surface area contributed by atoms with Gasteiger partial charge in [-0.2, -0.15) is 4.98 Å². The van der Waals surface area contributed by atoms with E-state index in [0.29, 0.717) is 17.7 Å². The number of rotatable bonds is 1. The molecule has 0 spiro atoms. The predicted octanol–water partition coefficient (Wildman–Crippen LogP) is 0.141. The van der Waals surface area contributed by atoms with Crippen molar-refractivity contribution < 1.29 is 4.74 Å². The lowest BCUT2D eigenvalue weighted by molar-refractivity contribution is 0.177. The molecule has 0 bridgehead atoms. The van der Waals surface area contributed by atoms with Crippen LogP contribution >= 0.6 is 0 Å². The van der Waals surface area contributed by atoms with Gasteiger partial charge in [-0.15, -0.1) is 0 Å². The van der Waals surface area contributed by atoms with Crippen LogP contribution in [0, 0.1) is 11.8 Å². The molecule has 5 heteroatoms. The highest BCUT2D eigenvalue weighted by molar-refractivity contribution is 5.39. The Bertz CT molecular complexity index is 358. The average Bonchev–Trinajstić information content (AvgIpc) is 2.76. The van der Waals surface area contributed by atoms with Crippen LogP contribution in [-0.2, 0) is 4.74 Å². The Kier molecular flexibility index (Phi) is 1.98. The van der Waals surface area contributed by atoms with Crippen LogP contribution in [0.15, 0.2) is 12.3 Å². The van der Waals surface area contributed by atoms with Gasteiger partial charge in [-0.25, -0.2) is 4.98 Å². The summed E-state index contributed by atoms with van der Waals surface area (Å²) in [5.41, 5.74) is 5.64. The molecule has 15 heavy (non-hydrogen) atoms. The Balaban J connectivity index is 1.79. The van der Waals surface area contributed by atoms with Crippen LogP contribution in [0.4, 0.5) is 11.8 Å². The molecular weight excluding hydrogens is 192 g/mol. The zero-order chi connectivity index (χ0) is 10.3. The van der Waals surface area contributed by atoms with E-state index in [4.69, 9.17) is 10.5 Å². The molecule has 2 saturated heterocycles. The van der Waals surface area contributed by atoms with Crippen molar-refractivity contribution in [1.82, 2.24) is 9.97 Å². The smallest absolute Gasteiger partial charge is 0.227 e. The predicted molar refractivity (Wildman–Crippen MR) is 56.5 cm³/mol. The fourth-order valence-corrected chi connectivity index (χ4v) is 2.36. The van der Waals surface area contributed by atoms with E-state index < -0.39 is 0 Å². The van der Waals surface area contributed by atoms with Crippen LogP contribution in [0.25, 0.3) is 0 Å². The molecule has 2 atom stereocenters. The molecule has 2 fully saturated rings. The van der Waals surface area contributed by atoms with Crippen molar-refractivity contribution in [3.63, 3.8) is 0 Å². The number of aromatic nitrogens is 2. The molecule has 2 N–H and O–H groups in total. The number of nitrogens with zero attached hydrogens (tertiary/aromatic N) is 3. The molecule has 1 aromatic heterocycles. The van der Waals surface area contributed by atoms with E-state index in [2.05, 4.69) is 14.9 Å². The first-order valence-corrected chi connectivity index (χ1v) is 5.24. The van der Waals surface area contributed by atoms with Crippen molar-refractivity contribution in [3.8, 4) is 0 Å². The molecule has 1 aromatic rings. The Labute approximate surface area is 88.3 Å². The molecule has 0 amide bonds. The molecule has 0 saturated carbocycles. The van der Waals surface area contributed by atoms with E-state index in [1.807, 2.05) is 0 Å². The maximum absolute atomic E-state index is 5.64. The Morgan fingerprint density at radius 2 is 2.07 bits per heavy atom. The highest BCUT2D eigenvalue weighted by atomic mass is 16.5. The van der Waals surface area contributed by atoms with Crippen LogP contribution in [0.1, 0.15) is 0 Å². The van der Waals surface area contributed by atoms with Crippen LogP contribution in [0.3, 0.4) is 0 Å². The van der Waals surface area contributed by atoms with Crippen molar-refractivity contribution in [1.29, 1.82) is 0 Å². The van der Waals surface area contributed by atoms with E-state index in [1.54, 1.807) is 12.3 Å². The van der Waals surface area contributed by atoms with Crippen LogP contribution in [-0.4, -0.2) is 36.3 Å². The standard InChI is InChI=1S/C10H14N4O/c11-9-1-2-12-10(13-9)14-3-7-5-15-6-8(7)4-14/h1-2,7-8H,3-6H2,(H2,11,12,13). The summed E-state index contributed by atoms with van der Waals surface area (Å²) in [5.74, 6) is 2.59. The SMILES string of the molecule is Nc1ccnc(N2CC3COCC3C2)n1. The molecule has 0 aromatic carbocycles. The Morgan fingerprint density at radius 1 is 1.33 bits per heavy atom. The van der Waals surface area contributed by atoms with Gasteiger partial charge in [-0.05, 0) is 6.07 Å². The van der Waals surface area contributed by atoms with Crippen molar-refractivity contribution in [3.05, 3.63) is 12.3 Å². The maximum Gasteiger partial charge on any atom is 0.227 e. The van der Waals surface area contributed by atoms with Gasteiger partial charge < -0.3 is 15.4 Å². The Hall–Kier alpha value is -1.36. The van der Waals surface area contributed by atoms with E-state index in [1.165, 1.54) is 0 Å². The highest BCUT2D eigenvalue weighted by Gasteiger charge is 2.37. The molecule has 5 nitrogen and oxygen atoms in total. The third-order valence-corrected chi connectivity index (χ3v) is 3.19. The van der Waals surface area contributed by atoms with Crippen LogP contribution < -0.4 is 10.6 Å². The fourth-order valence-electron chi connectivity index (χ4n) is 2.36. The number of hydrogen-bond acceptors (Lipinski definition) is 5. The summed E-state index contributed by atoms with van der Waals surface area (Å²) in [6.07, 6.45) is 1.71. The van der Waals surface area contributed by atoms with Gasteiger partial charge >= 0.3 is 0 Å². The van der Waals surface area contributed by atoms with Gasteiger partial charge in [0.1, 0.15) is 5.82 Å². The van der Waals surface area contributed by atoms with E-state index in [9.17, 15) is 0 Å². The third-order valence-electron chi connectivity index (χ3n) is 3.19. The third kappa shape index (κ3) is 1.52. The first kappa shape index (κ1) is 8.91. The first-order chi connectivity index (χ1) is 7.33. The molecule has 2 aliphatic rings. The second-order valence-electron chi connectivity index (χ2n) is 4.24. The second kappa shape index (κ2) is 3.34. The highest BCUT2D eigenvalue weighted by Crippen LogP contribution is 2.30. The van der Waals surface area contributed by atoms with Gasteiger partial charge in [0.25, 0.3) is 0 Å². The van der Waals surface area contributed by atoms with Crippen LogP contribution in [0.2, 0.25) is 0 Å². The van der Waals surface area contributed by atoms with E-state index >= 15 is 0 Å². The summed E-state index contributed by atoms with van der Waals surface area (Å²) < 4.78 is 5.43. The van der Waals surface area contributed by atoms with E-state index in [0.717, 1.165) is 32.3 Å². The van der Waals surface area contributed by atoms with Gasteiger partial charge in [0.15, 0.2) is 0 Å². The fraction of sp³-hybridized carbons (Fsp3) is 0.600. The second-order valence-corrected chi connectivity index (χ2v) is 4.24. The summed E-state index contributed by atoms with van der Waals surface area (Å²) in [4.78, 5) is 10.7. The van der Waals surface area contributed by atoms with E-state index in [-0.39, 0.29) is 0 Å². The molecular formula is C10H14N4O. The topological polar surface area (TPSA) is 64.3 Å². The number of anilines is 2. The average molecular weight is 206 g/mol. The maximum atomic E-state index is 5.64. The minimum absolute atomic E-state index is 0.535. The first-order valence-electron chi connectivity index (χ1n) is 5.24. The Morgan fingerprint density at radius 3 is 2.73 bits per heavy atom. The number of nitrogen functional groups attached to an aromatic ring is 1. The lowest BCUT2D eigenvalue weighted by Gasteiger charge is -2.16. The normalized spacial score (nSPS) is 29.5. The monoisotopic (exact) mass is 206 g/mol. The minimum atomic E-state index is 0.535. The minimum Gasteiger partial charge on any atom is -0.384 e. The molecule has 2 unspecified atom stereocenters. The molecule has 2 aliphatic heterocycles. The van der Waals surface area contributed by atoms with Gasteiger partial charge in [0.2, 0.25) is 5.95 Å². The number of hydrogen-bond donors (Lipinski definition) is 1. The van der Waals surface area contributed by atoms with Crippen molar-refractivity contribution in [2.24, 2.45) is 11.8 Å². The summed E-state index contributed by atoms with van der Waals surface area (Å²) in [6, 6.07) is 1.71. The van der Waals surface area contributed by atoms with Gasteiger partial charge in [0, 0.05) is 31.1 Å². The number of nitrogens with two attached hydrogens (primary N) is 1. The summed E-state index contributed by atoms with van der Waals surface area (Å²) in [5, 5.41) is 0. The molecule has 0 aliphatic carbocycles. The number of ether oxygens (including phenoxy) is 1. The zero-order valence-electron chi connectivity index (χ0n) is 8.47. The summed E-state index contributed by atoms with van der Waals surface area (Å²) >= 11 is 0. The van der Waals surface area contributed by atoms with Crippen molar-refractivity contribution >= 4 is 11.8 Å². The lowest BCUT2D eigenvalue weighted by atomic mass is 10.0. The molecule has 3 rings (SSSR count). The lowest BCUT2D eigenvalue weighted by Crippen LogP contribution is -2.24. The quantitative estimate of drug-likeness (QED) is 0.708. The zero-order valence-corrected chi connectivity index (χ0v) is 8.47. The molecule has 80 valence electrons. The molecule has 3 heterocycles. The van der Waals surface area contributed by atoms with Gasteiger partial charge in [-0.1, -0.05) is 0 Å². The van der Waals surface area contributed by atoms with Crippen molar-refractivity contribution in [2.45, 2.75) is 0 Å². The number of fused-ring (bicyclic) bond motifs is 1. The summed E-state index contributed by atoms with van der Waals surface area (Å²) in [7, 11) is 0. The summed E-state index contributed by atoms with van der Waals surface area (Å²) in [6.45, 7) is 3.75. The van der Waals surface area contributed by atoms with Crippen LogP contribution in [0.5, 0.6) is 0 Å². The van der Waals surface area contributed by atoms with Gasteiger partial charge in [-0.3, -0.25) is 0 Å². The largest absolute Gasteiger partial charge is 0.384 e. The van der Waals surface area contributed by atoms with Crippen molar-refractivity contribution in [2.75, 3.05) is 36.9 Å². The van der Waals surface area contributed by atoms with Gasteiger partial charge in [0.05, 0.1) is 13.2 Å².